The third-order valence-corrected chi connectivity index (χ3v) is 7.20. The predicted molar refractivity (Wildman–Crippen MR) is 123 cm³/mol. The number of aliphatic hydroxyl groups excluding tert-OH is 1. The van der Waals surface area contributed by atoms with Crippen molar-refractivity contribution in [1.82, 2.24) is 4.98 Å². The summed E-state index contributed by atoms with van der Waals surface area (Å²) in [5, 5.41) is 49.9. The number of methoxy groups -OCH3 is 1. The Morgan fingerprint density at radius 2 is 1.91 bits per heavy atom. The lowest BCUT2D eigenvalue weighted by atomic mass is 9.72. The number of benzene rings is 2. The molecule has 0 saturated heterocycles. The number of hydrogen-bond donors (Lipinski definition) is 5. The van der Waals surface area contributed by atoms with Gasteiger partial charge in [0.1, 0.15) is 22.8 Å². The first-order valence-electron chi connectivity index (χ1n) is 10.7. The maximum absolute atomic E-state index is 13.4. The van der Waals surface area contributed by atoms with Crippen LogP contribution >= 0.6 is 11.3 Å². The molecular formula is C24H22N2O7S. The number of hydrogen-bond acceptors (Lipinski definition) is 10. The molecule has 0 radical (unpaired) electrons. The normalized spacial score (nSPS) is 21.0. The lowest BCUT2D eigenvalue weighted by Gasteiger charge is -2.37. The first-order valence-corrected chi connectivity index (χ1v) is 11.6. The molecule has 10 heteroatoms. The maximum atomic E-state index is 13.4. The summed E-state index contributed by atoms with van der Waals surface area (Å²) < 4.78 is 5.24. The van der Waals surface area contributed by atoms with Crippen LogP contribution in [0.2, 0.25) is 0 Å². The molecule has 0 aliphatic heterocycles. The van der Waals surface area contributed by atoms with Gasteiger partial charge in [-0.15, -0.1) is 11.3 Å². The fourth-order valence-electron chi connectivity index (χ4n) is 4.86. The van der Waals surface area contributed by atoms with Gasteiger partial charge in [-0.05, 0) is 13.0 Å². The molecule has 0 fully saturated rings. The second-order valence-electron chi connectivity index (χ2n) is 8.38. The highest BCUT2D eigenvalue weighted by Crippen LogP contribution is 2.52. The van der Waals surface area contributed by atoms with Crippen molar-refractivity contribution in [1.29, 1.82) is 0 Å². The van der Waals surface area contributed by atoms with Gasteiger partial charge in [0.15, 0.2) is 10.9 Å². The first kappa shape index (κ1) is 22.3. The number of carbonyl (C=O) groups excluding carboxylic acids is 2. The summed E-state index contributed by atoms with van der Waals surface area (Å²) in [4.78, 5) is 31.1. The number of nitrogens with zero attached hydrogens (tertiary/aromatic N) is 1. The number of ketones is 2. The van der Waals surface area contributed by atoms with Crippen LogP contribution in [0.3, 0.4) is 0 Å². The molecule has 0 bridgehead atoms. The van der Waals surface area contributed by atoms with Crippen molar-refractivity contribution in [3.8, 4) is 17.2 Å². The van der Waals surface area contributed by atoms with Crippen LogP contribution in [0, 0.1) is 0 Å². The Balaban J connectivity index is 1.69. The molecule has 2 aliphatic carbocycles. The third-order valence-electron chi connectivity index (χ3n) is 6.40. The lowest BCUT2D eigenvalue weighted by molar-refractivity contribution is -0.0307. The Hall–Kier alpha value is -3.47. The van der Waals surface area contributed by atoms with Crippen LogP contribution in [-0.4, -0.2) is 50.6 Å². The summed E-state index contributed by atoms with van der Waals surface area (Å²) in [7, 11) is 1.36. The number of rotatable bonds is 4. The van der Waals surface area contributed by atoms with E-state index >= 15 is 0 Å². The molecule has 2 aliphatic rings. The minimum Gasteiger partial charge on any atom is -0.507 e. The number of phenolic OH excluding ortho intramolecular Hbond substituents is 2. The van der Waals surface area contributed by atoms with Gasteiger partial charge in [0.25, 0.3) is 0 Å². The number of aliphatic hydroxyl groups is 2. The molecule has 1 heterocycles. The molecule has 2 aromatic carbocycles. The summed E-state index contributed by atoms with van der Waals surface area (Å²) in [6.07, 6.45) is -1.85. The van der Waals surface area contributed by atoms with E-state index in [2.05, 4.69) is 10.3 Å². The minimum absolute atomic E-state index is 0.00277. The van der Waals surface area contributed by atoms with Gasteiger partial charge in [-0.2, -0.15) is 0 Å². The van der Waals surface area contributed by atoms with E-state index in [0.717, 1.165) is 0 Å². The Morgan fingerprint density at radius 3 is 2.62 bits per heavy atom. The zero-order valence-corrected chi connectivity index (χ0v) is 19.2. The number of phenols is 2. The van der Waals surface area contributed by atoms with Crippen LogP contribution in [0.15, 0.2) is 23.6 Å². The number of anilines is 1. The maximum Gasteiger partial charge on any atom is 0.202 e. The van der Waals surface area contributed by atoms with Crippen LogP contribution in [0.25, 0.3) is 0 Å². The topological polar surface area (TPSA) is 149 Å². The van der Waals surface area contributed by atoms with Crippen molar-refractivity contribution in [2.45, 2.75) is 31.5 Å². The van der Waals surface area contributed by atoms with Gasteiger partial charge in [0.2, 0.25) is 5.78 Å². The van der Waals surface area contributed by atoms with Crippen LogP contribution in [0.4, 0.5) is 5.13 Å². The number of aromatic hydroxyl groups is 2. The molecule has 0 spiro atoms. The van der Waals surface area contributed by atoms with Crippen molar-refractivity contribution in [3.05, 3.63) is 62.7 Å². The van der Waals surface area contributed by atoms with Crippen LogP contribution in [-0.2, 0) is 12.0 Å². The fraction of sp³-hybridized carbons (Fsp3) is 0.292. The molecule has 5 rings (SSSR count). The molecule has 1 aromatic heterocycles. The van der Waals surface area contributed by atoms with Crippen molar-refractivity contribution >= 4 is 28.0 Å². The molecule has 2 atom stereocenters. The Kier molecular flexibility index (Phi) is 5.12. The second kappa shape index (κ2) is 7.79. The van der Waals surface area contributed by atoms with Crippen LogP contribution in [0.5, 0.6) is 17.2 Å². The van der Waals surface area contributed by atoms with Gasteiger partial charge < -0.3 is 30.5 Å². The summed E-state index contributed by atoms with van der Waals surface area (Å²) in [5.74, 6) is -2.33. The average molecular weight is 483 g/mol. The molecule has 0 amide bonds. The lowest BCUT2D eigenvalue weighted by Crippen LogP contribution is -2.36. The van der Waals surface area contributed by atoms with Gasteiger partial charge in [-0.1, -0.05) is 12.1 Å². The third kappa shape index (κ3) is 3.03. The quantitative estimate of drug-likeness (QED) is 0.277. The van der Waals surface area contributed by atoms with E-state index in [1.807, 2.05) is 6.92 Å². The van der Waals surface area contributed by atoms with E-state index in [4.69, 9.17) is 4.74 Å². The molecule has 5 N–H and O–H groups in total. The molecular weight excluding hydrogens is 460 g/mol. The minimum atomic E-state index is -1.66. The first-order chi connectivity index (χ1) is 16.2. The number of thiazole rings is 1. The number of carbonyl (C=O) groups is 2. The summed E-state index contributed by atoms with van der Waals surface area (Å²) in [6.45, 7) is 2.55. The number of nitrogens with one attached hydrogen (secondary N) is 1. The summed E-state index contributed by atoms with van der Waals surface area (Å²) >= 11 is 1.29. The second-order valence-corrected chi connectivity index (χ2v) is 9.24. The van der Waals surface area contributed by atoms with Crippen LogP contribution < -0.4 is 10.1 Å². The highest BCUT2D eigenvalue weighted by atomic mass is 32.1. The zero-order valence-electron chi connectivity index (χ0n) is 18.4. The highest BCUT2D eigenvalue weighted by molar-refractivity contribution is 7.13. The largest absolute Gasteiger partial charge is 0.507 e. The number of fused-ring (bicyclic) bond motifs is 3. The number of aromatic nitrogens is 1. The van der Waals surface area contributed by atoms with Gasteiger partial charge in [-0.25, -0.2) is 4.98 Å². The van der Waals surface area contributed by atoms with Gasteiger partial charge in [-0.3, -0.25) is 9.59 Å². The van der Waals surface area contributed by atoms with Gasteiger partial charge in [0.05, 0.1) is 35.6 Å². The van der Waals surface area contributed by atoms with E-state index in [1.54, 1.807) is 11.4 Å². The van der Waals surface area contributed by atoms with Crippen molar-refractivity contribution < 1.29 is 34.8 Å². The molecule has 3 aromatic rings. The fourth-order valence-corrected chi connectivity index (χ4v) is 5.73. The zero-order chi connectivity index (χ0) is 24.4. The van der Waals surface area contributed by atoms with Crippen molar-refractivity contribution in [2.75, 3.05) is 19.0 Å². The van der Waals surface area contributed by atoms with E-state index in [9.17, 15) is 30.0 Å². The van der Waals surface area contributed by atoms with E-state index in [1.165, 1.54) is 30.6 Å². The highest BCUT2D eigenvalue weighted by Gasteiger charge is 2.47. The Labute approximate surface area is 198 Å². The molecule has 176 valence electrons. The van der Waals surface area contributed by atoms with Crippen LogP contribution in [0.1, 0.15) is 68.1 Å². The Bertz CT molecular complexity index is 1370. The van der Waals surface area contributed by atoms with Gasteiger partial charge in [0, 0.05) is 41.5 Å². The summed E-state index contributed by atoms with van der Waals surface area (Å²) in [6, 6.07) is 4.52. The van der Waals surface area contributed by atoms with Crippen molar-refractivity contribution in [2.24, 2.45) is 0 Å². The smallest absolute Gasteiger partial charge is 0.202 e. The molecule has 34 heavy (non-hydrogen) atoms. The standard InChI is InChI=1S/C24H22N2O7S/c1-3-25-23-26-14(9-34-23)24(32)7-11-15(12(27)8-24)21(30)18-17(20(11)29)19(28)10-5-4-6-13(33-2)16(10)22(18)31/h4-6,9,12,27,29-30,32H,3,7-8H2,1-2H3,(H,25,26). The Morgan fingerprint density at radius 1 is 1.18 bits per heavy atom. The number of ether oxygens (including phenoxy) is 1. The average Bonchev–Trinajstić information content (AvgIpc) is 3.28. The molecule has 2 unspecified atom stereocenters. The van der Waals surface area contributed by atoms with Crippen molar-refractivity contribution in [3.63, 3.8) is 0 Å². The SMILES string of the molecule is CCNc1nc(C2(O)Cc3c(O)c4c(c(O)c3C(O)C2)C(=O)c2c(OC)cccc2C4=O)cs1. The van der Waals surface area contributed by atoms with E-state index in [-0.39, 0.29) is 52.0 Å². The predicted octanol–water partition coefficient (Wildman–Crippen LogP) is 2.64. The summed E-state index contributed by atoms with van der Waals surface area (Å²) in [5.41, 5.74) is -2.16. The molecule has 9 nitrogen and oxygen atoms in total. The van der Waals surface area contributed by atoms with Gasteiger partial charge >= 0.3 is 0 Å². The van der Waals surface area contributed by atoms with E-state index < -0.39 is 34.8 Å². The molecule has 0 saturated carbocycles. The van der Waals surface area contributed by atoms with E-state index in [0.29, 0.717) is 17.4 Å². The monoisotopic (exact) mass is 482 g/mol.